The maximum Gasteiger partial charge on any atom is 0.328 e. The van der Waals surface area contributed by atoms with Crippen molar-refractivity contribution >= 4 is 7.60 Å². The van der Waals surface area contributed by atoms with Crippen LogP contribution in [0.3, 0.4) is 0 Å². The highest BCUT2D eigenvalue weighted by molar-refractivity contribution is 7.51. The molecule has 62 valence electrons. The summed E-state index contributed by atoms with van der Waals surface area (Å²) in [5.74, 6) is 4.75. The Hall–Kier alpha value is 0.0700. The largest absolute Gasteiger partial charge is 0.328 e. The number of hydrogen-bond acceptors (Lipinski definition) is 3. The number of rotatable bonds is 4. The minimum Gasteiger partial charge on any atom is -0.324 e. The maximum absolute atomic E-state index is 10.3. The average molecular weight is 169 g/mol. The van der Waals surface area contributed by atoms with Crippen LogP contribution in [0.2, 0.25) is 0 Å². The van der Waals surface area contributed by atoms with Crippen LogP contribution in [-0.4, -0.2) is 22.1 Å². The van der Waals surface area contributed by atoms with Gasteiger partial charge in [0.05, 0.1) is 12.3 Å². The van der Waals surface area contributed by atoms with Crippen LogP contribution in [0.25, 0.3) is 0 Å². The van der Waals surface area contributed by atoms with Crippen molar-refractivity contribution in [1.82, 2.24) is 0 Å². The summed E-state index contributed by atoms with van der Waals surface area (Å²) in [6.45, 7) is 1.74. The van der Waals surface area contributed by atoms with E-state index in [1.807, 2.05) is 0 Å². The van der Waals surface area contributed by atoms with Crippen LogP contribution in [0, 0.1) is 0 Å². The predicted octanol–water partition coefficient (Wildman–Crippen LogP) is -0.167. The van der Waals surface area contributed by atoms with Crippen molar-refractivity contribution in [2.75, 3.05) is 6.16 Å². The van der Waals surface area contributed by atoms with Crippen LogP contribution < -0.4 is 5.90 Å². The first-order valence-electron chi connectivity index (χ1n) is 2.89. The Labute approximate surface area is 59.3 Å². The molecular formula is C4H12NO4P. The Balaban J connectivity index is 3.75. The third-order valence-corrected chi connectivity index (χ3v) is 1.97. The molecule has 0 aliphatic heterocycles. The third-order valence-electron chi connectivity index (χ3n) is 1.09. The zero-order chi connectivity index (χ0) is 8.20. The lowest BCUT2D eigenvalue weighted by atomic mass is 10.3. The molecule has 10 heavy (non-hydrogen) atoms. The molecular weight excluding hydrogens is 157 g/mol. The minimum atomic E-state index is -3.96. The molecule has 0 aromatic heterocycles. The lowest BCUT2D eigenvalue weighted by Crippen LogP contribution is -2.20. The molecule has 0 saturated heterocycles. The summed E-state index contributed by atoms with van der Waals surface area (Å²) < 4.78 is 10.3. The van der Waals surface area contributed by atoms with Gasteiger partial charge in [-0.15, -0.1) is 0 Å². The van der Waals surface area contributed by atoms with Crippen molar-refractivity contribution in [3.8, 4) is 0 Å². The van der Waals surface area contributed by atoms with E-state index in [-0.39, 0.29) is 6.16 Å². The van der Waals surface area contributed by atoms with E-state index < -0.39 is 13.7 Å². The van der Waals surface area contributed by atoms with Crippen molar-refractivity contribution in [1.29, 1.82) is 0 Å². The fraction of sp³-hybridized carbons (Fsp3) is 1.00. The fourth-order valence-electron chi connectivity index (χ4n) is 0.534. The topological polar surface area (TPSA) is 92.8 Å². The van der Waals surface area contributed by atoms with Crippen molar-refractivity contribution in [2.24, 2.45) is 5.90 Å². The summed E-state index contributed by atoms with van der Waals surface area (Å²) in [6.07, 6.45) is -0.345. The van der Waals surface area contributed by atoms with Gasteiger partial charge in [0.1, 0.15) is 0 Å². The van der Waals surface area contributed by atoms with Gasteiger partial charge in [0, 0.05) is 0 Å². The molecule has 0 aliphatic rings. The number of hydrogen-bond donors (Lipinski definition) is 3. The monoisotopic (exact) mass is 169 g/mol. The highest BCUT2D eigenvalue weighted by Crippen LogP contribution is 2.35. The van der Waals surface area contributed by atoms with E-state index in [4.69, 9.17) is 15.7 Å². The van der Waals surface area contributed by atoms with Gasteiger partial charge in [-0.2, -0.15) is 0 Å². The van der Waals surface area contributed by atoms with E-state index >= 15 is 0 Å². The number of nitrogens with two attached hydrogens (primary N) is 1. The van der Waals surface area contributed by atoms with Gasteiger partial charge >= 0.3 is 7.60 Å². The van der Waals surface area contributed by atoms with Crippen LogP contribution in [-0.2, 0) is 9.40 Å². The SMILES string of the molecule is CCC(CP(=O)(O)O)ON. The standard InChI is InChI=1S/C4H12NO4P/c1-2-4(9-5)3-10(6,7)8/h4H,2-3,5H2,1H3,(H2,6,7,8). The van der Waals surface area contributed by atoms with Gasteiger partial charge in [-0.25, -0.2) is 5.90 Å². The lowest BCUT2D eigenvalue weighted by Gasteiger charge is -2.11. The highest BCUT2D eigenvalue weighted by atomic mass is 31.2. The summed E-state index contributed by atoms with van der Waals surface area (Å²) in [4.78, 5) is 21.1. The van der Waals surface area contributed by atoms with Crippen molar-refractivity contribution < 1.29 is 19.2 Å². The Kier molecular flexibility index (Phi) is 4.08. The minimum absolute atomic E-state index is 0.306. The van der Waals surface area contributed by atoms with E-state index in [9.17, 15) is 4.57 Å². The molecule has 6 heteroatoms. The molecule has 0 heterocycles. The zero-order valence-corrected chi connectivity index (χ0v) is 6.62. The summed E-state index contributed by atoms with van der Waals surface area (Å²) in [7, 11) is -3.96. The van der Waals surface area contributed by atoms with Gasteiger partial charge in [-0.05, 0) is 6.42 Å². The Morgan fingerprint density at radius 1 is 1.70 bits per heavy atom. The molecule has 0 radical (unpaired) electrons. The van der Waals surface area contributed by atoms with E-state index in [0.717, 1.165) is 0 Å². The van der Waals surface area contributed by atoms with E-state index in [0.29, 0.717) is 6.42 Å². The Morgan fingerprint density at radius 2 is 2.20 bits per heavy atom. The second-order valence-corrected chi connectivity index (χ2v) is 3.71. The van der Waals surface area contributed by atoms with Gasteiger partial charge in [-0.1, -0.05) is 6.92 Å². The molecule has 1 unspecified atom stereocenters. The summed E-state index contributed by atoms with van der Waals surface area (Å²) in [6, 6.07) is 0. The Bertz CT molecular complexity index is 129. The lowest BCUT2D eigenvalue weighted by molar-refractivity contribution is 0.0630. The van der Waals surface area contributed by atoms with Crippen molar-refractivity contribution in [2.45, 2.75) is 19.4 Å². The fourth-order valence-corrected chi connectivity index (χ4v) is 1.41. The third kappa shape index (κ3) is 4.90. The van der Waals surface area contributed by atoms with Crippen LogP contribution in [0.5, 0.6) is 0 Å². The van der Waals surface area contributed by atoms with Crippen LogP contribution >= 0.6 is 7.60 Å². The second-order valence-electron chi connectivity index (χ2n) is 2.01. The maximum atomic E-state index is 10.3. The van der Waals surface area contributed by atoms with Gasteiger partial charge < -0.3 is 14.6 Å². The molecule has 0 saturated carbocycles. The summed E-state index contributed by atoms with van der Waals surface area (Å²) in [5, 5.41) is 0. The molecule has 5 nitrogen and oxygen atoms in total. The van der Waals surface area contributed by atoms with Crippen LogP contribution in [0.15, 0.2) is 0 Å². The zero-order valence-electron chi connectivity index (χ0n) is 5.73. The van der Waals surface area contributed by atoms with E-state index in [1.165, 1.54) is 0 Å². The molecule has 0 amide bonds. The molecule has 0 aliphatic carbocycles. The summed E-state index contributed by atoms with van der Waals surface area (Å²) in [5.41, 5.74) is 0. The van der Waals surface area contributed by atoms with Gasteiger partial charge in [0.2, 0.25) is 0 Å². The Morgan fingerprint density at radius 3 is 2.30 bits per heavy atom. The summed E-state index contributed by atoms with van der Waals surface area (Å²) >= 11 is 0. The van der Waals surface area contributed by atoms with E-state index in [1.54, 1.807) is 6.92 Å². The van der Waals surface area contributed by atoms with Gasteiger partial charge in [0.15, 0.2) is 0 Å². The molecule has 0 bridgehead atoms. The first kappa shape index (κ1) is 10.1. The van der Waals surface area contributed by atoms with Crippen molar-refractivity contribution in [3.63, 3.8) is 0 Å². The van der Waals surface area contributed by atoms with Gasteiger partial charge in [-0.3, -0.25) is 4.57 Å². The smallest absolute Gasteiger partial charge is 0.324 e. The molecule has 0 aromatic carbocycles. The van der Waals surface area contributed by atoms with Gasteiger partial charge in [0.25, 0.3) is 0 Å². The average Bonchev–Trinajstić information content (AvgIpc) is 1.81. The van der Waals surface area contributed by atoms with E-state index in [2.05, 4.69) is 4.84 Å². The molecule has 0 aromatic rings. The quantitative estimate of drug-likeness (QED) is 0.401. The highest BCUT2D eigenvalue weighted by Gasteiger charge is 2.19. The predicted molar refractivity (Wildman–Crippen MR) is 36.3 cm³/mol. The van der Waals surface area contributed by atoms with Crippen LogP contribution in [0.4, 0.5) is 0 Å². The van der Waals surface area contributed by atoms with Crippen molar-refractivity contribution in [3.05, 3.63) is 0 Å². The molecule has 1 atom stereocenters. The molecule has 0 rings (SSSR count). The first-order valence-corrected chi connectivity index (χ1v) is 4.69. The normalized spacial score (nSPS) is 15.2. The first-order chi connectivity index (χ1) is 4.49. The molecule has 4 N–H and O–H groups in total. The molecule has 0 fully saturated rings. The van der Waals surface area contributed by atoms with Crippen LogP contribution in [0.1, 0.15) is 13.3 Å². The molecule has 0 spiro atoms. The second kappa shape index (κ2) is 4.05.